The van der Waals surface area contributed by atoms with Gasteiger partial charge in [0.05, 0.1) is 31.8 Å². The summed E-state index contributed by atoms with van der Waals surface area (Å²) in [6, 6.07) is 3.57. The number of amides is 2. The Morgan fingerprint density at radius 2 is 1.60 bits per heavy atom. The van der Waals surface area contributed by atoms with Crippen LogP contribution in [0.5, 0.6) is 0 Å². The van der Waals surface area contributed by atoms with Crippen LogP contribution in [0.3, 0.4) is 0 Å². The number of carbonyl (C=O) groups excluding carboxylic acids is 2. The zero-order valence-corrected chi connectivity index (χ0v) is 20.0. The van der Waals surface area contributed by atoms with E-state index in [-0.39, 0.29) is 27.1 Å². The van der Waals surface area contributed by atoms with Crippen LogP contribution in [0.4, 0.5) is 26.3 Å². The first-order valence-electron chi connectivity index (χ1n) is 9.72. The third kappa shape index (κ3) is 7.78. The molecule has 0 bridgehead atoms. The maximum atomic E-state index is 13.7. The van der Waals surface area contributed by atoms with Gasteiger partial charge >= 0.3 is 12.4 Å². The third-order valence-corrected chi connectivity index (χ3v) is 5.86. The minimum atomic E-state index is -4.98. The van der Waals surface area contributed by atoms with E-state index in [1.54, 1.807) is 0 Å². The SMILES string of the molecule is CC(CC(N)=O)NC(=O)c1ccc(C/C=C(\c2cc(Cl)c(Cl)c(Cl)c2)C(F)(F)F)cc1C(F)(F)F. The van der Waals surface area contributed by atoms with Crippen molar-refractivity contribution in [3.8, 4) is 0 Å². The van der Waals surface area contributed by atoms with Crippen molar-refractivity contribution in [3.05, 3.63) is 73.7 Å². The monoisotopic (exact) mass is 560 g/mol. The number of nitrogens with one attached hydrogen (secondary N) is 1. The van der Waals surface area contributed by atoms with Crippen molar-refractivity contribution in [3.63, 3.8) is 0 Å². The summed E-state index contributed by atoms with van der Waals surface area (Å²) in [7, 11) is 0. The van der Waals surface area contributed by atoms with Crippen molar-refractivity contribution in [2.45, 2.75) is 38.2 Å². The highest BCUT2D eigenvalue weighted by Crippen LogP contribution is 2.40. The molecule has 0 heterocycles. The number of primary amides is 1. The van der Waals surface area contributed by atoms with Gasteiger partial charge in [0.2, 0.25) is 5.91 Å². The molecule has 3 N–H and O–H groups in total. The number of hydrogen-bond acceptors (Lipinski definition) is 2. The fourth-order valence-corrected chi connectivity index (χ4v) is 3.73. The van der Waals surface area contributed by atoms with Crippen molar-refractivity contribution in [2.24, 2.45) is 5.73 Å². The largest absolute Gasteiger partial charge is 0.417 e. The quantitative estimate of drug-likeness (QED) is 0.287. The Hall–Kier alpha value is -2.43. The Kier molecular flexibility index (Phi) is 9.13. The van der Waals surface area contributed by atoms with Crippen LogP contribution in [0.2, 0.25) is 15.1 Å². The molecule has 1 unspecified atom stereocenters. The topological polar surface area (TPSA) is 72.2 Å². The molecule has 0 spiro atoms. The number of rotatable bonds is 7. The van der Waals surface area contributed by atoms with Gasteiger partial charge in [-0.2, -0.15) is 26.3 Å². The molecule has 0 fully saturated rings. The van der Waals surface area contributed by atoms with Gasteiger partial charge in [-0.05, 0) is 48.7 Å². The van der Waals surface area contributed by atoms with Crippen LogP contribution in [0, 0.1) is 0 Å². The number of nitrogens with two attached hydrogens (primary N) is 1. The van der Waals surface area contributed by atoms with Crippen LogP contribution >= 0.6 is 34.8 Å². The molecule has 0 saturated heterocycles. The minimum absolute atomic E-state index is 0.146. The number of halogens is 9. The van der Waals surface area contributed by atoms with Crippen LogP contribution in [0.15, 0.2) is 36.4 Å². The molecule has 2 amide bonds. The molecule has 0 saturated carbocycles. The maximum Gasteiger partial charge on any atom is 0.417 e. The zero-order valence-electron chi connectivity index (χ0n) is 17.8. The normalized spacial score (nSPS) is 13.5. The van der Waals surface area contributed by atoms with Gasteiger partial charge < -0.3 is 11.1 Å². The standard InChI is InChI=1S/C22H17Cl3F6N2O2/c1-10(6-18(32)34)33-20(35)13-4-2-11(7-15(13)22(29,30)31)3-5-14(21(26,27)28)12-8-16(23)19(25)17(24)9-12/h2,4-5,7-10H,3,6H2,1H3,(H2,32,34)(H,33,35)/b14-5+. The van der Waals surface area contributed by atoms with Crippen molar-refractivity contribution >= 4 is 52.2 Å². The van der Waals surface area contributed by atoms with Gasteiger partial charge in [0.15, 0.2) is 0 Å². The second-order valence-electron chi connectivity index (χ2n) is 7.50. The first kappa shape index (κ1) is 28.8. The van der Waals surface area contributed by atoms with E-state index in [1.165, 1.54) is 6.92 Å². The predicted octanol–water partition coefficient (Wildman–Crippen LogP) is 6.85. The van der Waals surface area contributed by atoms with E-state index in [9.17, 15) is 35.9 Å². The highest BCUT2D eigenvalue weighted by atomic mass is 35.5. The molecule has 0 aliphatic carbocycles. The van der Waals surface area contributed by atoms with Gasteiger partial charge in [-0.3, -0.25) is 9.59 Å². The summed E-state index contributed by atoms with van der Waals surface area (Å²) in [6.07, 6.45) is -10.0. The lowest BCUT2D eigenvalue weighted by molar-refractivity contribution is -0.138. The summed E-state index contributed by atoms with van der Waals surface area (Å²) in [6.45, 7) is 1.38. The summed E-state index contributed by atoms with van der Waals surface area (Å²) in [5.74, 6) is -1.88. The first-order valence-corrected chi connectivity index (χ1v) is 10.9. The lowest BCUT2D eigenvalue weighted by Gasteiger charge is -2.17. The van der Waals surface area contributed by atoms with Crippen LogP contribution in [-0.4, -0.2) is 24.0 Å². The van der Waals surface area contributed by atoms with Gasteiger partial charge in [-0.15, -0.1) is 0 Å². The van der Waals surface area contributed by atoms with Gasteiger partial charge in [-0.25, -0.2) is 0 Å². The minimum Gasteiger partial charge on any atom is -0.370 e. The molecule has 35 heavy (non-hydrogen) atoms. The second kappa shape index (κ2) is 11.1. The summed E-state index contributed by atoms with van der Waals surface area (Å²) < 4.78 is 81.9. The maximum absolute atomic E-state index is 13.7. The number of hydrogen-bond donors (Lipinski definition) is 2. The van der Waals surface area contributed by atoms with Gasteiger partial charge in [0.25, 0.3) is 5.91 Å². The molecule has 2 rings (SSSR count). The summed E-state index contributed by atoms with van der Waals surface area (Å²) in [5.41, 5.74) is 1.14. The van der Waals surface area contributed by atoms with Crippen LogP contribution in [-0.2, 0) is 17.4 Å². The molecular formula is C22H17Cl3F6N2O2. The van der Waals surface area contributed by atoms with Gasteiger partial charge in [-0.1, -0.05) is 46.9 Å². The van der Waals surface area contributed by atoms with Crippen LogP contribution in [0.1, 0.15) is 40.4 Å². The molecular weight excluding hydrogens is 545 g/mol. The summed E-state index contributed by atoms with van der Waals surface area (Å²) in [5, 5.41) is 1.62. The molecule has 4 nitrogen and oxygen atoms in total. The molecule has 0 aliphatic heterocycles. The summed E-state index contributed by atoms with van der Waals surface area (Å²) >= 11 is 17.4. The fraction of sp³-hybridized carbons (Fsp3) is 0.273. The van der Waals surface area contributed by atoms with Crippen LogP contribution in [0.25, 0.3) is 5.57 Å². The predicted molar refractivity (Wildman–Crippen MR) is 121 cm³/mol. The molecule has 0 aliphatic rings. The van der Waals surface area contributed by atoms with E-state index in [1.807, 2.05) is 0 Å². The molecule has 2 aromatic carbocycles. The average Bonchev–Trinajstić information content (AvgIpc) is 2.69. The van der Waals surface area contributed by atoms with Crippen molar-refractivity contribution < 1.29 is 35.9 Å². The van der Waals surface area contributed by atoms with E-state index in [0.717, 1.165) is 24.3 Å². The second-order valence-corrected chi connectivity index (χ2v) is 8.69. The Morgan fingerprint density at radius 3 is 2.09 bits per heavy atom. The van der Waals surface area contributed by atoms with Crippen LogP contribution < -0.4 is 11.1 Å². The van der Waals surface area contributed by atoms with E-state index in [4.69, 9.17) is 40.5 Å². The van der Waals surface area contributed by atoms with Crippen molar-refractivity contribution in [1.29, 1.82) is 0 Å². The molecule has 13 heteroatoms. The number of alkyl halides is 6. The van der Waals surface area contributed by atoms with Gasteiger partial charge in [0, 0.05) is 12.5 Å². The smallest absolute Gasteiger partial charge is 0.370 e. The zero-order chi connectivity index (χ0) is 26.7. The fourth-order valence-electron chi connectivity index (χ4n) is 3.13. The molecule has 190 valence electrons. The van der Waals surface area contributed by atoms with Crippen molar-refractivity contribution in [2.75, 3.05) is 0 Å². The van der Waals surface area contributed by atoms with E-state index < -0.39 is 58.9 Å². The Labute approximate surface area is 211 Å². The number of benzene rings is 2. The molecule has 2 aromatic rings. The average molecular weight is 562 g/mol. The van der Waals surface area contributed by atoms with Crippen molar-refractivity contribution in [1.82, 2.24) is 5.32 Å². The highest BCUT2D eigenvalue weighted by molar-refractivity contribution is 6.48. The molecule has 0 aromatic heterocycles. The number of allylic oxidation sites excluding steroid dienone is 2. The lowest BCUT2D eigenvalue weighted by atomic mass is 9.98. The molecule has 0 radical (unpaired) electrons. The summed E-state index contributed by atoms with van der Waals surface area (Å²) in [4.78, 5) is 23.3. The van der Waals surface area contributed by atoms with E-state index in [0.29, 0.717) is 12.1 Å². The van der Waals surface area contributed by atoms with Gasteiger partial charge in [0.1, 0.15) is 0 Å². The Balaban J connectivity index is 2.45. The first-order chi connectivity index (χ1) is 16.0. The molecule has 1 atom stereocenters. The van der Waals surface area contributed by atoms with E-state index >= 15 is 0 Å². The Bertz CT molecular complexity index is 1140. The Morgan fingerprint density at radius 1 is 1.03 bits per heavy atom. The highest BCUT2D eigenvalue weighted by Gasteiger charge is 2.37. The third-order valence-electron chi connectivity index (χ3n) is 4.66. The van der Waals surface area contributed by atoms with E-state index in [2.05, 4.69) is 5.32 Å². The number of carbonyl (C=O) groups is 2. The lowest BCUT2D eigenvalue weighted by Crippen LogP contribution is -2.36.